The molecular formula is C23H35BO6. The van der Waals surface area contributed by atoms with Crippen LogP contribution in [0.25, 0.3) is 0 Å². The SMILES string of the molecule is CC.COB(OC(C)(C)C(C)C)c1ccc(OCc2cc(C(=O)OC)oc2C)cc1. The van der Waals surface area contributed by atoms with E-state index in [0.717, 1.165) is 11.0 Å². The lowest BCUT2D eigenvalue weighted by molar-refractivity contribution is 0.0371. The molecular weight excluding hydrogens is 383 g/mol. The summed E-state index contributed by atoms with van der Waals surface area (Å²) < 4.78 is 27.5. The van der Waals surface area contributed by atoms with Crippen molar-refractivity contribution in [3.63, 3.8) is 0 Å². The zero-order valence-corrected chi connectivity index (χ0v) is 19.7. The van der Waals surface area contributed by atoms with Crippen LogP contribution in [0, 0.1) is 12.8 Å². The molecule has 0 fully saturated rings. The van der Waals surface area contributed by atoms with Crippen molar-refractivity contribution in [2.45, 2.75) is 60.7 Å². The van der Waals surface area contributed by atoms with Gasteiger partial charge in [-0.25, -0.2) is 4.79 Å². The second-order valence-electron chi connectivity index (χ2n) is 7.48. The highest BCUT2D eigenvalue weighted by Gasteiger charge is 2.31. The van der Waals surface area contributed by atoms with Crippen molar-refractivity contribution in [3.05, 3.63) is 47.4 Å². The average Bonchev–Trinajstić information content (AvgIpc) is 3.12. The third-order valence-electron chi connectivity index (χ3n) is 4.97. The van der Waals surface area contributed by atoms with Crippen molar-refractivity contribution in [1.82, 2.24) is 0 Å². The first-order valence-corrected chi connectivity index (χ1v) is 10.3. The molecule has 0 amide bonds. The van der Waals surface area contributed by atoms with E-state index in [2.05, 4.69) is 32.4 Å². The zero-order valence-electron chi connectivity index (χ0n) is 19.7. The third kappa shape index (κ3) is 6.92. The zero-order chi connectivity index (χ0) is 22.9. The Morgan fingerprint density at radius 1 is 1.13 bits per heavy atom. The molecule has 0 aliphatic carbocycles. The molecule has 6 nitrogen and oxygen atoms in total. The van der Waals surface area contributed by atoms with E-state index in [0.29, 0.717) is 17.4 Å². The average molecular weight is 418 g/mol. The van der Waals surface area contributed by atoms with E-state index in [9.17, 15) is 4.79 Å². The molecule has 1 aromatic heterocycles. The van der Waals surface area contributed by atoms with Gasteiger partial charge < -0.3 is 23.2 Å². The number of benzene rings is 1. The molecule has 1 aromatic carbocycles. The predicted molar refractivity (Wildman–Crippen MR) is 119 cm³/mol. The minimum Gasteiger partial charge on any atom is -0.489 e. The number of furan rings is 1. The maximum atomic E-state index is 11.5. The molecule has 1 heterocycles. The van der Waals surface area contributed by atoms with E-state index in [-0.39, 0.29) is 18.0 Å². The highest BCUT2D eigenvalue weighted by Crippen LogP contribution is 2.22. The summed E-state index contributed by atoms with van der Waals surface area (Å²) in [6.45, 7) is 14.4. The van der Waals surface area contributed by atoms with Crippen LogP contribution in [-0.4, -0.2) is 32.9 Å². The van der Waals surface area contributed by atoms with E-state index in [4.69, 9.17) is 18.5 Å². The fourth-order valence-electron chi connectivity index (χ4n) is 2.41. The number of carbonyl (C=O) groups excluding carboxylic acids is 1. The number of aryl methyl sites for hydroxylation is 1. The van der Waals surface area contributed by atoms with Crippen LogP contribution in [-0.2, 0) is 20.7 Å². The summed E-state index contributed by atoms with van der Waals surface area (Å²) >= 11 is 0. The molecule has 30 heavy (non-hydrogen) atoms. The molecule has 2 rings (SSSR count). The summed E-state index contributed by atoms with van der Waals surface area (Å²) in [7, 11) is 2.49. The maximum Gasteiger partial charge on any atom is 0.494 e. The smallest absolute Gasteiger partial charge is 0.489 e. The van der Waals surface area contributed by atoms with Crippen molar-refractivity contribution in [1.29, 1.82) is 0 Å². The standard InChI is InChI=1S/C21H29BO6.C2H6/c1-14(2)21(4,5)28-22(25-7)17-8-10-18(11-9-17)26-13-16-12-19(20(23)24-6)27-15(16)3;1-2/h8-12,14H,13H2,1-7H3;1-2H3. The van der Waals surface area contributed by atoms with Gasteiger partial charge in [0.1, 0.15) is 18.1 Å². The number of ether oxygens (including phenoxy) is 2. The number of esters is 1. The first-order chi connectivity index (χ1) is 14.2. The van der Waals surface area contributed by atoms with E-state index >= 15 is 0 Å². The Labute approximate surface area is 181 Å². The van der Waals surface area contributed by atoms with Gasteiger partial charge in [0.25, 0.3) is 0 Å². The quantitative estimate of drug-likeness (QED) is 0.432. The van der Waals surface area contributed by atoms with Crippen molar-refractivity contribution < 1.29 is 28.0 Å². The third-order valence-corrected chi connectivity index (χ3v) is 4.97. The molecule has 2 aromatic rings. The molecule has 7 heteroatoms. The molecule has 0 saturated carbocycles. The topological polar surface area (TPSA) is 67.1 Å². The Morgan fingerprint density at radius 2 is 1.73 bits per heavy atom. The van der Waals surface area contributed by atoms with Gasteiger partial charge >= 0.3 is 13.1 Å². The second kappa shape index (κ2) is 11.8. The van der Waals surface area contributed by atoms with Gasteiger partial charge in [0.2, 0.25) is 5.76 Å². The number of hydrogen-bond donors (Lipinski definition) is 0. The monoisotopic (exact) mass is 418 g/mol. The first kappa shape index (κ1) is 25.8. The predicted octanol–water partition coefficient (Wildman–Crippen LogP) is 4.77. The van der Waals surface area contributed by atoms with Crippen molar-refractivity contribution in [3.8, 4) is 5.75 Å². The highest BCUT2D eigenvalue weighted by atomic mass is 16.6. The molecule has 0 N–H and O–H groups in total. The minimum absolute atomic E-state index is 0.168. The van der Waals surface area contributed by atoms with Gasteiger partial charge in [-0.05, 0) is 50.4 Å². The second-order valence-corrected chi connectivity index (χ2v) is 7.48. The van der Waals surface area contributed by atoms with Crippen LogP contribution in [0.15, 0.2) is 34.7 Å². The number of methoxy groups -OCH3 is 1. The van der Waals surface area contributed by atoms with Gasteiger partial charge in [-0.3, -0.25) is 0 Å². The van der Waals surface area contributed by atoms with Crippen molar-refractivity contribution >= 4 is 18.6 Å². The van der Waals surface area contributed by atoms with Crippen LogP contribution in [0.2, 0.25) is 0 Å². The molecule has 0 bridgehead atoms. The Bertz CT molecular complexity index is 779. The number of carbonyl (C=O) groups is 1. The lowest BCUT2D eigenvalue weighted by Gasteiger charge is -2.32. The van der Waals surface area contributed by atoms with Crippen molar-refractivity contribution in [2.75, 3.05) is 14.2 Å². The van der Waals surface area contributed by atoms with Gasteiger partial charge in [-0.15, -0.1) is 0 Å². The maximum absolute atomic E-state index is 11.5. The molecule has 0 aliphatic heterocycles. The van der Waals surface area contributed by atoms with Gasteiger partial charge in [-0.1, -0.05) is 39.8 Å². The van der Waals surface area contributed by atoms with E-state index in [1.54, 1.807) is 20.1 Å². The van der Waals surface area contributed by atoms with Crippen LogP contribution in [0.1, 0.15) is 63.4 Å². The fourth-order valence-corrected chi connectivity index (χ4v) is 2.41. The van der Waals surface area contributed by atoms with E-state index < -0.39 is 13.1 Å². The largest absolute Gasteiger partial charge is 0.494 e. The Hall–Kier alpha value is -2.25. The molecule has 0 radical (unpaired) electrons. The minimum atomic E-state index is -0.506. The van der Waals surface area contributed by atoms with Crippen LogP contribution < -0.4 is 10.2 Å². The van der Waals surface area contributed by atoms with Crippen LogP contribution in [0.3, 0.4) is 0 Å². The number of hydrogen-bond acceptors (Lipinski definition) is 6. The first-order valence-electron chi connectivity index (χ1n) is 10.3. The Kier molecular flexibility index (Phi) is 10.2. The summed E-state index contributed by atoms with van der Waals surface area (Å²) in [4.78, 5) is 11.5. The summed E-state index contributed by atoms with van der Waals surface area (Å²) in [5.41, 5.74) is 1.39. The summed E-state index contributed by atoms with van der Waals surface area (Å²) in [5, 5.41) is 0. The van der Waals surface area contributed by atoms with Crippen LogP contribution in [0.5, 0.6) is 5.75 Å². The van der Waals surface area contributed by atoms with Crippen LogP contribution in [0.4, 0.5) is 0 Å². The molecule has 0 spiro atoms. The van der Waals surface area contributed by atoms with Gasteiger partial charge in [0.05, 0.1) is 12.7 Å². The highest BCUT2D eigenvalue weighted by molar-refractivity contribution is 6.61. The summed E-state index contributed by atoms with van der Waals surface area (Å²) in [6, 6.07) is 9.20. The summed E-state index contributed by atoms with van der Waals surface area (Å²) in [6.07, 6.45) is 0. The lowest BCUT2D eigenvalue weighted by Crippen LogP contribution is -2.45. The van der Waals surface area contributed by atoms with Gasteiger partial charge in [0.15, 0.2) is 0 Å². The Balaban J connectivity index is 0.00000218. The molecule has 0 aliphatic rings. The molecule has 0 atom stereocenters. The van der Waals surface area contributed by atoms with Crippen molar-refractivity contribution in [2.24, 2.45) is 5.92 Å². The van der Waals surface area contributed by atoms with E-state index in [1.807, 2.05) is 38.1 Å². The van der Waals surface area contributed by atoms with Gasteiger partial charge in [-0.2, -0.15) is 0 Å². The number of rotatable bonds is 9. The molecule has 0 saturated heterocycles. The fraction of sp³-hybridized carbons (Fsp3) is 0.522. The summed E-state index contributed by atoms with van der Waals surface area (Å²) in [5.74, 6) is 1.33. The molecule has 0 unspecified atom stereocenters. The van der Waals surface area contributed by atoms with E-state index in [1.165, 1.54) is 7.11 Å². The Morgan fingerprint density at radius 3 is 2.23 bits per heavy atom. The van der Waals surface area contributed by atoms with Gasteiger partial charge in [0, 0.05) is 12.7 Å². The van der Waals surface area contributed by atoms with Crippen LogP contribution >= 0.6 is 0 Å². The normalized spacial score (nSPS) is 11.0. The lowest BCUT2D eigenvalue weighted by atomic mass is 9.77. The molecule has 166 valence electrons.